The van der Waals surface area contributed by atoms with Crippen LogP contribution in [0.1, 0.15) is 15.9 Å². The average molecular weight is 464 g/mol. The smallest absolute Gasteiger partial charge is 0.378 e. The number of non-ortho nitro benzene ring substituents is 1. The maximum absolute atomic E-state index is 13.3. The first-order valence-electron chi connectivity index (χ1n) is 10.6. The molecule has 0 radical (unpaired) electrons. The highest BCUT2D eigenvalue weighted by Crippen LogP contribution is 2.31. The van der Waals surface area contributed by atoms with Crippen LogP contribution in [0, 0.1) is 10.1 Å². The molecule has 0 N–H and O–H groups in total. The monoisotopic (exact) mass is 464 g/mol. The Bertz CT molecular complexity index is 1020. The summed E-state index contributed by atoms with van der Waals surface area (Å²) < 4.78 is 43.8. The second-order valence-electron chi connectivity index (χ2n) is 7.88. The summed E-state index contributed by atoms with van der Waals surface area (Å²) in [5.41, 5.74) is 0.702. The fraction of sp³-hybridized carbons (Fsp3) is 0.409. The van der Waals surface area contributed by atoms with Gasteiger partial charge in [-0.3, -0.25) is 14.9 Å². The van der Waals surface area contributed by atoms with E-state index >= 15 is 0 Å². The lowest BCUT2D eigenvalue weighted by Gasteiger charge is -2.37. The third-order valence-electron chi connectivity index (χ3n) is 5.90. The third-order valence-corrected chi connectivity index (χ3v) is 5.90. The summed E-state index contributed by atoms with van der Waals surface area (Å²) in [7, 11) is 0. The van der Waals surface area contributed by atoms with Crippen molar-refractivity contribution in [2.24, 2.45) is 0 Å². The predicted octanol–water partition coefficient (Wildman–Crippen LogP) is 3.41. The Kier molecular flexibility index (Phi) is 6.41. The predicted molar refractivity (Wildman–Crippen MR) is 116 cm³/mol. The largest absolute Gasteiger partial charge is 0.416 e. The molecule has 0 atom stereocenters. The summed E-state index contributed by atoms with van der Waals surface area (Å²) in [5.74, 6) is -0.299. The van der Waals surface area contributed by atoms with E-state index in [4.69, 9.17) is 4.74 Å². The highest BCUT2D eigenvalue weighted by atomic mass is 19.4. The van der Waals surface area contributed by atoms with E-state index in [0.717, 1.165) is 12.1 Å². The topological polar surface area (TPSA) is 79.2 Å². The van der Waals surface area contributed by atoms with Gasteiger partial charge in [0.2, 0.25) is 0 Å². The van der Waals surface area contributed by atoms with Crippen molar-refractivity contribution < 1.29 is 27.6 Å². The van der Waals surface area contributed by atoms with Crippen LogP contribution in [-0.4, -0.2) is 68.2 Å². The van der Waals surface area contributed by atoms with Crippen LogP contribution in [0.2, 0.25) is 0 Å². The van der Waals surface area contributed by atoms with E-state index in [0.29, 0.717) is 63.9 Å². The lowest BCUT2D eigenvalue weighted by atomic mass is 10.1. The number of nitrogens with zero attached hydrogens (tertiary/aromatic N) is 4. The molecule has 4 rings (SSSR count). The molecule has 0 saturated carbocycles. The number of rotatable bonds is 4. The van der Waals surface area contributed by atoms with Gasteiger partial charge in [0.15, 0.2) is 0 Å². The molecule has 0 spiro atoms. The SMILES string of the molecule is O=C(c1cc([N+](=O)[O-])ccc1N1CCOCC1)N1CCN(c2ccc(C(F)(F)F)cc2)CC1. The van der Waals surface area contributed by atoms with Crippen LogP contribution in [0.15, 0.2) is 42.5 Å². The number of amides is 1. The van der Waals surface area contributed by atoms with Crippen LogP contribution in [0.3, 0.4) is 0 Å². The van der Waals surface area contributed by atoms with E-state index in [1.54, 1.807) is 11.0 Å². The van der Waals surface area contributed by atoms with Crippen molar-refractivity contribution in [2.45, 2.75) is 6.18 Å². The maximum atomic E-state index is 13.3. The first-order valence-corrected chi connectivity index (χ1v) is 10.6. The summed E-state index contributed by atoms with van der Waals surface area (Å²) in [6.45, 7) is 3.78. The van der Waals surface area contributed by atoms with Gasteiger partial charge >= 0.3 is 6.18 Å². The summed E-state index contributed by atoms with van der Waals surface area (Å²) in [6, 6.07) is 9.26. The van der Waals surface area contributed by atoms with Gasteiger partial charge < -0.3 is 19.4 Å². The lowest BCUT2D eigenvalue weighted by Crippen LogP contribution is -2.49. The van der Waals surface area contributed by atoms with Crippen LogP contribution in [0.4, 0.5) is 30.2 Å². The molecule has 0 bridgehead atoms. The van der Waals surface area contributed by atoms with Gasteiger partial charge in [-0.2, -0.15) is 13.2 Å². The number of nitro groups is 1. The lowest BCUT2D eigenvalue weighted by molar-refractivity contribution is -0.384. The van der Waals surface area contributed by atoms with Gasteiger partial charge in [0, 0.05) is 57.1 Å². The molecule has 1 amide bonds. The van der Waals surface area contributed by atoms with E-state index in [1.165, 1.54) is 24.3 Å². The number of alkyl halides is 3. The van der Waals surface area contributed by atoms with E-state index in [1.807, 2.05) is 9.80 Å². The Morgan fingerprint density at radius 3 is 2.12 bits per heavy atom. The number of morpholine rings is 1. The van der Waals surface area contributed by atoms with Crippen LogP contribution in [0.25, 0.3) is 0 Å². The number of ether oxygens (including phenoxy) is 1. The summed E-state index contributed by atoms with van der Waals surface area (Å²) in [6.07, 6.45) is -4.39. The molecule has 8 nitrogen and oxygen atoms in total. The molecular weight excluding hydrogens is 441 g/mol. The van der Waals surface area contributed by atoms with Crippen molar-refractivity contribution in [3.8, 4) is 0 Å². The molecule has 2 saturated heterocycles. The number of hydrogen-bond acceptors (Lipinski definition) is 6. The van der Waals surface area contributed by atoms with Gasteiger partial charge in [0.25, 0.3) is 11.6 Å². The van der Waals surface area contributed by atoms with Crippen molar-refractivity contribution in [2.75, 3.05) is 62.3 Å². The number of anilines is 2. The van der Waals surface area contributed by atoms with Crippen LogP contribution in [0.5, 0.6) is 0 Å². The number of benzene rings is 2. The van der Waals surface area contributed by atoms with Crippen molar-refractivity contribution >= 4 is 23.0 Å². The third kappa shape index (κ3) is 5.03. The molecule has 2 heterocycles. The van der Waals surface area contributed by atoms with Gasteiger partial charge in [-0.1, -0.05) is 0 Å². The molecule has 11 heteroatoms. The molecule has 33 heavy (non-hydrogen) atoms. The molecule has 0 aliphatic carbocycles. The Labute approximate surface area is 188 Å². The van der Waals surface area contributed by atoms with Crippen LogP contribution < -0.4 is 9.80 Å². The first kappa shape index (κ1) is 22.8. The maximum Gasteiger partial charge on any atom is 0.416 e. The van der Waals surface area contributed by atoms with Crippen molar-refractivity contribution in [3.63, 3.8) is 0 Å². The molecule has 0 aromatic heterocycles. The minimum absolute atomic E-state index is 0.154. The minimum atomic E-state index is -4.39. The molecule has 176 valence electrons. The average Bonchev–Trinajstić information content (AvgIpc) is 2.83. The molecular formula is C22H23F3N4O4. The standard InChI is InChI=1S/C22H23F3N4O4/c23-22(24,25)16-1-3-17(4-2-16)26-7-9-28(10-8-26)21(30)19-15-18(29(31)32)5-6-20(19)27-11-13-33-14-12-27/h1-6,15H,7-14H2. The zero-order valence-electron chi connectivity index (χ0n) is 17.8. The zero-order chi connectivity index (χ0) is 23.6. The number of nitro benzene ring substituents is 1. The van der Waals surface area contributed by atoms with E-state index in [2.05, 4.69) is 0 Å². The summed E-state index contributed by atoms with van der Waals surface area (Å²) in [5, 5.41) is 11.3. The fourth-order valence-corrected chi connectivity index (χ4v) is 4.09. The highest BCUT2D eigenvalue weighted by molar-refractivity contribution is 6.00. The normalized spacial score (nSPS) is 17.2. The highest BCUT2D eigenvalue weighted by Gasteiger charge is 2.31. The van der Waals surface area contributed by atoms with Crippen LogP contribution >= 0.6 is 0 Å². The molecule has 2 aromatic rings. The number of piperazine rings is 1. The van der Waals surface area contributed by atoms with Gasteiger partial charge in [0.1, 0.15) is 0 Å². The molecule has 2 aromatic carbocycles. The number of hydrogen-bond donors (Lipinski definition) is 0. The summed E-state index contributed by atoms with van der Waals surface area (Å²) in [4.78, 5) is 29.6. The van der Waals surface area contributed by atoms with Gasteiger partial charge in [-0.15, -0.1) is 0 Å². The zero-order valence-corrected chi connectivity index (χ0v) is 17.8. The Balaban J connectivity index is 1.49. The molecule has 2 aliphatic heterocycles. The molecule has 0 unspecified atom stereocenters. The fourth-order valence-electron chi connectivity index (χ4n) is 4.09. The second kappa shape index (κ2) is 9.26. The quantitative estimate of drug-likeness (QED) is 0.510. The van der Waals surface area contributed by atoms with Gasteiger partial charge in [0.05, 0.1) is 35.0 Å². The van der Waals surface area contributed by atoms with E-state index in [9.17, 15) is 28.1 Å². The number of carbonyl (C=O) groups excluding carboxylic acids is 1. The van der Waals surface area contributed by atoms with Crippen molar-refractivity contribution in [1.29, 1.82) is 0 Å². The Hall–Kier alpha value is -3.34. The van der Waals surface area contributed by atoms with Crippen molar-refractivity contribution in [3.05, 3.63) is 63.7 Å². The van der Waals surface area contributed by atoms with Crippen molar-refractivity contribution in [1.82, 2.24) is 4.90 Å². The second-order valence-corrected chi connectivity index (χ2v) is 7.88. The van der Waals surface area contributed by atoms with E-state index < -0.39 is 16.7 Å². The van der Waals surface area contributed by atoms with Crippen LogP contribution in [-0.2, 0) is 10.9 Å². The number of halogens is 3. The van der Waals surface area contributed by atoms with Gasteiger partial charge in [-0.25, -0.2) is 0 Å². The summed E-state index contributed by atoms with van der Waals surface area (Å²) >= 11 is 0. The minimum Gasteiger partial charge on any atom is -0.378 e. The molecule has 2 fully saturated rings. The van der Waals surface area contributed by atoms with Gasteiger partial charge in [-0.05, 0) is 30.3 Å². The first-order chi connectivity index (χ1) is 15.7. The molecule has 2 aliphatic rings. The number of carbonyl (C=O) groups is 1. The van der Waals surface area contributed by atoms with E-state index in [-0.39, 0.29) is 17.2 Å². The Morgan fingerprint density at radius 2 is 1.55 bits per heavy atom. The Morgan fingerprint density at radius 1 is 0.909 bits per heavy atom.